The predicted octanol–water partition coefficient (Wildman–Crippen LogP) is 10.7. The van der Waals surface area contributed by atoms with Gasteiger partial charge < -0.3 is 0 Å². The molecule has 1 fully saturated rings. The van der Waals surface area contributed by atoms with Crippen LogP contribution in [0, 0.1) is 17.8 Å². The molecule has 1 aliphatic carbocycles. The quantitative estimate of drug-likeness (QED) is 0.155. The first-order valence-electron chi connectivity index (χ1n) is 15.1. The topological polar surface area (TPSA) is 3.88 Å². The van der Waals surface area contributed by atoms with Crippen molar-refractivity contribution in [3.8, 4) is 11.3 Å². The Morgan fingerprint density at radius 2 is 1.62 bits per heavy atom. The number of pyridine rings is 1. The molecule has 0 N–H and O–H groups in total. The van der Waals surface area contributed by atoms with Gasteiger partial charge >= 0.3 is 0 Å². The van der Waals surface area contributed by atoms with Gasteiger partial charge in [-0.1, -0.05) is 88.8 Å². The molecule has 1 nitrogen and oxygen atoms in total. The van der Waals surface area contributed by atoms with Crippen molar-refractivity contribution in [3.05, 3.63) is 77.5 Å². The number of nitrogens with zero attached hydrogens (tertiary/aromatic N) is 1. The molecule has 1 aliphatic heterocycles. The Morgan fingerprint density at radius 3 is 2.35 bits per heavy atom. The maximum absolute atomic E-state index is 2.54. The van der Waals surface area contributed by atoms with Crippen molar-refractivity contribution in [2.24, 2.45) is 17.9 Å². The second-order valence-corrected chi connectivity index (χ2v) is 15.6. The molecule has 1 aromatic heterocycles. The summed E-state index contributed by atoms with van der Waals surface area (Å²) >= 11 is 2.01. The summed E-state index contributed by atoms with van der Waals surface area (Å²) in [5.74, 6) is 0.683. The highest BCUT2D eigenvalue weighted by Gasteiger charge is 2.34. The molecule has 0 radical (unpaired) electrons. The van der Waals surface area contributed by atoms with E-state index in [9.17, 15) is 0 Å². The van der Waals surface area contributed by atoms with Gasteiger partial charge in [0.25, 0.3) is 0 Å². The van der Waals surface area contributed by atoms with Gasteiger partial charge in [0.15, 0.2) is 6.20 Å². The molecule has 4 aromatic carbocycles. The average Bonchev–Trinajstić information content (AvgIpc) is 2.91. The Kier molecular flexibility index (Phi) is 5.92. The summed E-state index contributed by atoms with van der Waals surface area (Å²) in [6.07, 6.45) is 8.63. The molecule has 2 heteroatoms. The number of hydrogen-bond acceptors (Lipinski definition) is 1. The highest BCUT2D eigenvalue weighted by Crippen LogP contribution is 2.53. The fourth-order valence-electron chi connectivity index (χ4n) is 7.50. The van der Waals surface area contributed by atoms with Crippen LogP contribution in [0.5, 0.6) is 0 Å². The summed E-state index contributed by atoms with van der Waals surface area (Å²) < 4.78 is 2.38. The Morgan fingerprint density at radius 1 is 0.900 bits per heavy atom. The lowest BCUT2D eigenvalue weighted by Gasteiger charge is -2.34. The van der Waals surface area contributed by atoms with Crippen LogP contribution in [0.1, 0.15) is 82.9 Å². The molecule has 0 amide bonds. The van der Waals surface area contributed by atoms with Crippen LogP contribution in [0.4, 0.5) is 0 Å². The Bertz CT molecular complexity index is 1830. The predicted molar refractivity (Wildman–Crippen MR) is 173 cm³/mol. The third-order valence-electron chi connectivity index (χ3n) is 9.72. The molecular formula is C38H42NS+. The van der Waals surface area contributed by atoms with Crippen LogP contribution in [0.25, 0.3) is 43.6 Å². The van der Waals surface area contributed by atoms with Gasteiger partial charge in [0.05, 0.1) is 10.9 Å². The minimum atomic E-state index is 0.203. The number of aromatic nitrogens is 1. The van der Waals surface area contributed by atoms with E-state index < -0.39 is 0 Å². The molecule has 204 valence electrons. The van der Waals surface area contributed by atoms with E-state index in [-0.39, 0.29) is 5.41 Å². The summed E-state index contributed by atoms with van der Waals surface area (Å²) in [5.41, 5.74) is 7.96. The molecule has 0 atom stereocenters. The maximum Gasteiger partial charge on any atom is 0.222 e. The van der Waals surface area contributed by atoms with Gasteiger partial charge in [-0.3, -0.25) is 0 Å². The van der Waals surface area contributed by atoms with Gasteiger partial charge in [-0.05, 0) is 100 Å². The highest BCUT2D eigenvalue weighted by molar-refractivity contribution is 8.00. The first kappa shape index (κ1) is 26.1. The van der Waals surface area contributed by atoms with Gasteiger partial charge in [0.1, 0.15) is 7.05 Å². The lowest BCUT2D eigenvalue weighted by atomic mass is 9.71. The van der Waals surface area contributed by atoms with Crippen LogP contribution < -0.4 is 4.57 Å². The van der Waals surface area contributed by atoms with Crippen molar-refractivity contribution in [2.75, 3.05) is 0 Å². The number of rotatable bonds is 2. The summed E-state index contributed by atoms with van der Waals surface area (Å²) in [4.78, 5) is 2.86. The molecule has 0 spiro atoms. The van der Waals surface area contributed by atoms with Crippen molar-refractivity contribution >= 4 is 44.1 Å². The maximum atomic E-state index is 2.54. The van der Waals surface area contributed by atoms with Crippen LogP contribution in [-0.2, 0) is 13.5 Å². The fraction of sp³-hybridized carbons (Fsp3) is 0.395. The largest absolute Gasteiger partial charge is 0.222 e. The second kappa shape index (κ2) is 9.08. The lowest BCUT2D eigenvalue weighted by molar-refractivity contribution is -0.659. The van der Waals surface area contributed by atoms with E-state index >= 15 is 0 Å². The smallest absolute Gasteiger partial charge is 0.200 e. The van der Waals surface area contributed by atoms with E-state index in [0.717, 1.165) is 6.42 Å². The average molecular weight is 545 g/mol. The summed E-state index contributed by atoms with van der Waals surface area (Å²) in [6.45, 7) is 14.3. The van der Waals surface area contributed by atoms with Gasteiger partial charge in [-0.2, -0.15) is 0 Å². The third-order valence-corrected chi connectivity index (χ3v) is 10.9. The lowest BCUT2D eigenvalue weighted by Crippen LogP contribution is -2.32. The zero-order valence-corrected chi connectivity index (χ0v) is 26.1. The van der Waals surface area contributed by atoms with Crippen molar-refractivity contribution in [2.45, 2.75) is 89.4 Å². The minimum absolute atomic E-state index is 0.203. The van der Waals surface area contributed by atoms with Crippen molar-refractivity contribution < 1.29 is 4.57 Å². The number of aryl methyl sites for hydroxylation is 2. The van der Waals surface area contributed by atoms with E-state index in [1.54, 1.807) is 0 Å². The number of fused-ring (bicyclic) bond motifs is 5. The molecular weight excluding hydrogens is 502 g/mol. The van der Waals surface area contributed by atoms with E-state index in [1.807, 2.05) is 11.8 Å². The molecule has 40 heavy (non-hydrogen) atoms. The van der Waals surface area contributed by atoms with Crippen LogP contribution >= 0.6 is 11.8 Å². The van der Waals surface area contributed by atoms with Crippen LogP contribution in [0.15, 0.2) is 70.6 Å². The van der Waals surface area contributed by atoms with Crippen LogP contribution in [0.3, 0.4) is 0 Å². The fourth-order valence-corrected chi connectivity index (χ4v) is 8.87. The number of benzene rings is 4. The summed E-state index contributed by atoms with van der Waals surface area (Å²) in [7, 11) is 2.24. The monoisotopic (exact) mass is 544 g/mol. The summed E-state index contributed by atoms with van der Waals surface area (Å²) in [5, 5.41) is 8.43. The number of hydrogen-bond donors (Lipinski definition) is 0. The molecule has 2 heterocycles. The van der Waals surface area contributed by atoms with Crippen LogP contribution in [0.2, 0.25) is 0 Å². The second-order valence-electron chi connectivity index (χ2n) is 14.6. The SMILES string of the molecule is Cc1c2c(c(CC(C)(C)C)c3ccccc13)Sc1cc3ccc(C4CCC(C)(C)CC4)cc3c3cc[n+](C)c-2c13. The Hall–Kier alpha value is -2.84. The van der Waals surface area contributed by atoms with Gasteiger partial charge in [-0.25, -0.2) is 4.57 Å². The first-order chi connectivity index (χ1) is 19.0. The highest BCUT2D eigenvalue weighted by atomic mass is 32.2. The molecule has 0 unspecified atom stereocenters. The Labute approximate surface area is 244 Å². The van der Waals surface area contributed by atoms with Gasteiger partial charge in [-0.15, -0.1) is 0 Å². The van der Waals surface area contributed by atoms with Gasteiger partial charge in [0, 0.05) is 21.2 Å². The molecule has 5 aromatic rings. The van der Waals surface area contributed by atoms with Crippen molar-refractivity contribution in [3.63, 3.8) is 0 Å². The van der Waals surface area contributed by atoms with Crippen LogP contribution in [-0.4, -0.2) is 0 Å². The minimum Gasteiger partial charge on any atom is -0.200 e. The van der Waals surface area contributed by atoms with E-state index in [2.05, 4.69) is 114 Å². The summed E-state index contributed by atoms with van der Waals surface area (Å²) in [6, 6.07) is 21.3. The first-order valence-corrected chi connectivity index (χ1v) is 15.9. The van der Waals surface area contributed by atoms with E-state index in [1.165, 1.54) is 95.7 Å². The standard InChI is InChI=1S/C38H42NS/c1-23-27-10-8-9-11-28(27)31(22-37(2,3)4)36-33(23)35-34-29(16-19-39(35)7)30-20-25(12-13-26(30)21-32(34)40-36)24-14-17-38(5,6)18-15-24/h8-13,16,19-21,24H,14-15,17-18,22H2,1-7H3/q+1. The van der Waals surface area contributed by atoms with E-state index in [4.69, 9.17) is 0 Å². The van der Waals surface area contributed by atoms with Crippen molar-refractivity contribution in [1.82, 2.24) is 0 Å². The molecule has 2 aliphatic rings. The van der Waals surface area contributed by atoms with Gasteiger partial charge in [0.2, 0.25) is 5.69 Å². The molecule has 7 rings (SSSR count). The normalized spacial score (nSPS) is 17.1. The molecule has 1 saturated carbocycles. The van der Waals surface area contributed by atoms with E-state index in [0.29, 0.717) is 11.3 Å². The zero-order valence-electron chi connectivity index (χ0n) is 25.2. The Balaban J connectivity index is 1.50. The molecule has 0 bridgehead atoms. The molecule has 0 saturated heterocycles. The van der Waals surface area contributed by atoms with Crippen molar-refractivity contribution in [1.29, 1.82) is 0 Å². The zero-order chi connectivity index (χ0) is 28.0. The third kappa shape index (κ3) is 4.17.